The van der Waals surface area contributed by atoms with Gasteiger partial charge in [-0.2, -0.15) is 4.31 Å². The summed E-state index contributed by atoms with van der Waals surface area (Å²) in [5.74, 6) is 0.708. The topological polar surface area (TPSA) is 66.5 Å². The first-order valence-electron chi connectivity index (χ1n) is 10.2. The smallest absolute Gasteiger partial charge is 0.251 e. The summed E-state index contributed by atoms with van der Waals surface area (Å²) >= 11 is 1.46. The lowest BCUT2D eigenvalue weighted by Gasteiger charge is -2.29. The third-order valence-electron chi connectivity index (χ3n) is 5.83. The van der Waals surface area contributed by atoms with Crippen molar-refractivity contribution >= 4 is 27.7 Å². The number of benzene rings is 2. The van der Waals surface area contributed by atoms with Crippen LogP contribution in [0.25, 0.3) is 0 Å². The van der Waals surface area contributed by atoms with Crippen molar-refractivity contribution in [2.75, 3.05) is 18.8 Å². The van der Waals surface area contributed by atoms with Crippen LogP contribution in [0.4, 0.5) is 4.39 Å². The fourth-order valence-electron chi connectivity index (χ4n) is 3.93. The number of hydrogen-bond donors (Lipinski definition) is 1. The van der Waals surface area contributed by atoms with Crippen molar-refractivity contribution in [3.05, 3.63) is 59.4 Å². The first kappa shape index (κ1) is 21.3. The van der Waals surface area contributed by atoms with Crippen molar-refractivity contribution in [3.8, 4) is 0 Å². The Kier molecular flexibility index (Phi) is 6.18. The minimum Gasteiger partial charge on any atom is -0.345 e. The average Bonchev–Trinajstić information content (AvgIpc) is 2.75. The van der Waals surface area contributed by atoms with E-state index in [1.807, 2.05) is 6.07 Å². The van der Waals surface area contributed by atoms with Crippen LogP contribution >= 0.6 is 11.8 Å². The minimum absolute atomic E-state index is 0.204. The number of carbonyl (C=O) groups is 1. The van der Waals surface area contributed by atoms with Crippen molar-refractivity contribution in [1.82, 2.24) is 9.62 Å². The maximum Gasteiger partial charge on any atom is 0.251 e. The number of rotatable bonds is 4. The highest BCUT2D eigenvalue weighted by Gasteiger charge is 2.29. The monoisotopic (exact) mass is 448 g/mol. The number of halogens is 1. The number of hydrogen-bond acceptors (Lipinski definition) is 4. The van der Waals surface area contributed by atoms with Gasteiger partial charge in [-0.15, -0.1) is 11.8 Å². The highest BCUT2D eigenvalue weighted by Crippen LogP contribution is 2.37. The number of fused-ring (bicyclic) bond motifs is 1. The van der Waals surface area contributed by atoms with E-state index in [9.17, 15) is 17.6 Å². The zero-order valence-corrected chi connectivity index (χ0v) is 18.4. The Morgan fingerprint density at radius 1 is 1.10 bits per heavy atom. The quantitative estimate of drug-likeness (QED) is 0.761. The van der Waals surface area contributed by atoms with Crippen molar-refractivity contribution in [2.45, 2.75) is 42.0 Å². The second kappa shape index (κ2) is 8.69. The van der Waals surface area contributed by atoms with Gasteiger partial charge in [-0.05, 0) is 61.1 Å². The molecule has 1 fully saturated rings. The van der Waals surface area contributed by atoms with E-state index in [0.717, 1.165) is 24.2 Å². The van der Waals surface area contributed by atoms with Crippen LogP contribution in [0, 0.1) is 11.7 Å². The molecule has 0 saturated carbocycles. The first-order valence-corrected chi connectivity index (χ1v) is 12.6. The molecule has 2 aromatic carbocycles. The predicted octanol–water partition coefficient (Wildman–Crippen LogP) is 4.21. The third kappa shape index (κ3) is 4.26. The summed E-state index contributed by atoms with van der Waals surface area (Å²) in [6, 6.07) is 10.7. The van der Waals surface area contributed by atoms with Gasteiger partial charge < -0.3 is 5.32 Å². The summed E-state index contributed by atoms with van der Waals surface area (Å²) in [5, 5.41) is 2.97. The van der Waals surface area contributed by atoms with Gasteiger partial charge in [-0.1, -0.05) is 19.1 Å². The summed E-state index contributed by atoms with van der Waals surface area (Å²) in [6.45, 7) is 3.19. The molecule has 160 valence electrons. The van der Waals surface area contributed by atoms with Gasteiger partial charge in [0.25, 0.3) is 5.91 Å². The van der Waals surface area contributed by atoms with Crippen LogP contribution < -0.4 is 5.32 Å². The van der Waals surface area contributed by atoms with Gasteiger partial charge in [-0.3, -0.25) is 4.79 Å². The second-order valence-electron chi connectivity index (χ2n) is 7.93. The van der Waals surface area contributed by atoms with E-state index in [0.29, 0.717) is 35.9 Å². The molecule has 1 saturated heterocycles. The van der Waals surface area contributed by atoms with Crippen molar-refractivity contribution < 1.29 is 17.6 Å². The van der Waals surface area contributed by atoms with Gasteiger partial charge in [0.2, 0.25) is 10.0 Å². The zero-order valence-electron chi connectivity index (χ0n) is 16.8. The third-order valence-corrected chi connectivity index (χ3v) is 8.90. The van der Waals surface area contributed by atoms with E-state index in [4.69, 9.17) is 0 Å². The van der Waals surface area contributed by atoms with E-state index < -0.39 is 10.0 Å². The molecule has 8 heteroatoms. The van der Waals surface area contributed by atoms with Gasteiger partial charge in [-0.25, -0.2) is 12.8 Å². The van der Waals surface area contributed by atoms with Gasteiger partial charge in [0.1, 0.15) is 5.82 Å². The molecule has 30 heavy (non-hydrogen) atoms. The molecule has 0 aliphatic carbocycles. The SMILES string of the molecule is CC1CCN(S(=O)(=O)c2ccc(C(=O)N[C@@H]3CCSc4c(F)cccc43)cc2)CC1. The Balaban J connectivity index is 1.47. The molecular formula is C22H25FN2O3S2. The number of carbonyl (C=O) groups excluding carboxylic acids is 1. The molecule has 0 unspecified atom stereocenters. The lowest BCUT2D eigenvalue weighted by molar-refractivity contribution is 0.0934. The molecule has 1 atom stereocenters. The Morgan fingerprint density at radius 3 is 2.50 bits per heavy atom. The van der Waals surface area contributed by atoms with Crippen molar-refractivity contribution in [2.24, 2.45) is 5.92 Å². The van der Waals surface area contributed by atoms with E-state index in [1.165, 1.54) is 34.3 Å². The number of sulfonamides is 1. The fraction of sp³-hybridized carbons (Fsp3) is 0.409. The summed E-state index contributed by atoms with van der Waals surface area (Å²) in [4.78, 5) is 13.5. The van der Waals surface area contributed by atoms with Crippen LogP contribution in [-0.2, 0) is 10.0 Å². The molecule has 1 N–H and O–H groups in total. The molecule has 2 heterocycles. The highest BCUT2D eigenvalue weighted by atomic mass is 32.2. The van der Waals surface area contributed by atoms with Crippen LogP contribution in [0.1, 0.15) is 48.1 Å². The molecule has 2 aromatic rings. The molecule has 0 radical (unpaired) electrons. The summed E-state index contributed by atoms with van der Waals surface area (Å²) in [6.07, 6.45) is 2.44. The molecule has 0 bridgehead atoms. The number of thioether (sulfide) groups is 1. The molecule has 0 spiro atoms. The van der Waals surface area contributed by atoms with Crippen LogP contribution in [0.15, 0.2) is 52.3 Å². The predicted molar refractivity (Wildman–Crippen MR) is 116 cm³/mol. The van der Waals surface area contributed by atoms with E-state index in [2.05, 4.69) is 12.2 Å². The summed E-state index contributed by atoms with van der Waals surface area (Å²) in [7, 11) is -3.54. The van der Waals surface area contributed by atoms with Gasteiger partial charge >= 0.3 is 0 Å². The van der Waals surface area contributed by atoms with E-state index in [1.54, 1.807) is 18.2 Å². The number of nitrogens with one attached hydrogen (secondary N) is 1. The Hall–Kier alpha value is -1.90. The molecular weight excluding hydrogens is 423 g/mol. The number of amides is 1. The lowest BCUT2D eigenvalue weighted by Crippen LogP contribution is -2.37. The van der Waals surface area contributed by atoms with E-state index >= 15 is 0 Å². The summed E-state index contributed by atoms with van der Waals surface area (Å²) < 4.78 is 41.3. The standard InChI is InChI=1S/C22H25FN2O3S2/c1-15-9-12-25(13-10-15)30(27,28)17-7-5-16(6-8-17)22(26)24-20-11-14-29-21-18(20)3-2-4-19(21)23/h2-8,15,20H,9-14H2,1H3,(H,24,26)/t20-/m1/s1. The fourth-order valence-corrected chi connectivity index (χ4v) is 6.54. The molecule has 4 rings (SSSR count). The van der Waals surface area contributed by atoms with Crippen LogP contribution in [0.3, 0.4) is 0 Å². The Morgan fingerprint density at radius 2 is 1.80 bits per heavy atom. The maximum absolute atomic E-state index is 14.0. The normalized spacial score (nSPS) is 20.5. The number of piperidine rings is 1. The van der Waals surface area contributed by atoms with Gasteiger partial charge in [0.05, 0.1) is 10.9 Å². The van der Waals surface area contributed by atoms with Crippen molar-refractivity contribution in [3.63, 3.8) is 0 Å². The van der Waals surface area contributed by atoms with Crippen LogP contribution in [-0.4, -0.2) is 37.5 Å². The minimum atomic E-state index is -3.54. The molecule has 2 aliphatic heterocycles. The maximum atomic E-state index is 14.0. The zero-order chi connectivity index (χ0) is 21.3. The Labute approximate surface area is 181 Å². The van der Waals surface area contributed by atoms with Gasteiger partial charge in [0, 0.05) is 29.3 Å². The number of nitrogens with zero attached hydrogens (tertiary/aromatic N) is 1. The molecule has 1 amide bonds. The van der Waals surface area contributed by atoms with Crippen LogP contribution in [0.2, 0.25) is 0 Å². The molecule has 0 aromatic heterocycles. The Bertz CT molecular complexity index is 1030. The molecule has 2 aliphatic rings. The van der Waals surface area contributed by atoms with Gasteiger partial charge in [0.15, 0.2) is 0 Å². The largest absolute Gasteiger partial charge is 0.345 e. The van der Waals surface area contributed by atoms with Crippen molar-refractivity contribution in [1.29, 1.82) is 0 Å². The highest BCUT2D eigenvalue weighted by molar-refractivity contribution is 7.99. The molecule has 5 nitrogen and oxygen atoms in total. The lowest BCUT2D eigenvalue weighted by atomic mass is 10.0. The first-order chi connectivity index (χ1) is 14.4. The van der Waals surface area contributed by atoms with E-state index in [-0.39, 0.29) is 22.7 Å². The second-order valence-corrected chi connectivity index (χ2v) is 11.0. The average molecular weight is 449 g/mol. The van der Waals surface area contributed by atoms with Crippen LogP contribution in [0.5, 0.6) is 0 Å². The summed E-state index contributed by atoms with van der Waals surface area (Å²) in [5.41, 5.74) is 1.18.